The number of nitrogens with zero attached hydrogens (tertiary/aromatic N) is 4. The molecule has 0 bridgehead atoms. The van der Waals surface area contributed by atoms with E-state index in [2.05, 4.69) is 23.8 Å². The Morgan fingerprint density at radius 1 is 1.19 bits per heavy atom. The standard InChI is InChI=1S/C20H25FN4O/c1-14(2)23-9-3-10-25-17(13-23)12-18(22-25)20(26)24-11-8-19(24)15-4-6-16(21)7-5-15/h4-7,12,14,19H,3,8-11,13H2,1-2H3. The second-order valence-electron chi connectivity index (χ2n) is 7.52. The van der Waals surface area contributed by atoms with Crippen molar-refractivity contribution in [3.05, 3.63) is 53.1 Å². The SMILES string of the molecule is CC(C)N1CCCn2nc(C(=O)N3CCC3c3ccc(F)cc3)cc2C1. The molecule has 1 atom stereocenters. The molecule has 0 N–H and O–H groups in total. The van der Waals surface area contributed by atoms with Gasteiger partial charge in [0.05, 0.1) is 11.7 Å². The van der Waals surface area contributed by atoms with Gasteiger partial charge in [0.2, 0.25) is 0 Å². The summed E-state index contributed by atoms with van der Waals surface area (Å²) in [7, 11) is 0. The van der Waals surface area contributed by atoms with Crippen molar-refractivity contribution < 1.29 is 9.18 Å². The van der Waals surface area contributed by atoms with E-state index in [1.807, 2.05) is 15.6 Å². The minimum atomic E-state index is -0.251. The molecular formula is C20H25FN4O. The molecule has 26 heavy (non-hydrogen) atoms. The molecule has 1 unspecified atom stereocenters. The lowest BCUT2D eigenvalue weighted by atomic mass is 9.94. The number of benzene rings is 1. The van der Waals surface area contributed by atoms with Crippen LogP contribution in [-0.2, 0) is 13.1 Å². The molecule has 0 saturated carbocycles. The number of hydrogen-bond donors (Lipinski definition) is 0. The van der Waals surface area contributed by atoms with E-state index in [0.29, 0.717) is 11.7 Å². The fourth-order valence-corrected chi connectivity index (χ4v) is 3.84. The van der Waals surface area contributed by atoms with Crippen molar-refractivity contribution >= 4 is 5.91 Å². The zero-order valence-electron chi connectivity index (χ0n) is 15.4. The number of hydrogen-bond acceptors (Lipinski definition) is 3. The molecule has 1 aromatic heterocycles. The number of halogens is 1. The maximum Gasteiger partial charge on any atom is 0.274 e. The summed E-state index contributed by atoms with van der Waals surface area (Å²) in [4.78, 5) is 17.2. The molecule has 0 radical (unpaired) electrons. The highest BCUT2D eigenvalue weighted by atomic mass is 19.1. The normalized spacial score (nSPS) is 20.6. The number of aryl methyl sites for hydroxylation is 1. The van der Waals surface area contributed by atoms with Gasteiger partial charge < -0.3 is 4.90 Å². The highest BCUT2D eigenvalue weighted by molar-refractivity contribution is 5.93. The van der Waals surface area contributed by atoms with Gasteiger partial charge in [-0.3, -0.25) is 14.4 Å². The van der Waals surface area contributed by atoms with E-state index in [1.54, 1.807) is 12.1 Å². The lowest BCUT2D eigenvalue weighted by Crippen LogP contribution is -2.45. The number of fused-ring (bicyclic) bond motifs is 1. The largest absolute Gasteiger partial charge is 0.330 e. The molecule has 2 aromatic rings. The van der Waals surface area contributed by atoms with Crippen LogP contribution in [0.2, 0.25) is 0 Å². The second kappa shape index (κ2) is 6.83. The molecule has 5 nitrogen and oxygen atoms in total. The third kappa shape index (κ3) is 3.14. The van der Waals surface area contributed by atoms with Gasteiger partial charge in [0, 0.05) is 32.2 Å². The van der Waals surface area contributed by atoms with E-state index in [9.17, 15) is 9.18 Å². The molecule has 1 amide bonds. The molecule has 1 fully saturated rings. The summed E-state index contributed by atoms with van der Waals surface area (Å²) in [6, 6.07) is 8.89. The summed E-state index contributed by atoms with van der Waals surface area (Å²) in [5, 5.41) is 4.59. The van der Waals surface area contributed by atoms with Crippen LogP contribution in [0, 0.1) is 5.82 Å². The zero-order chi connectivity index (χ0) is 18.3. The van der Waals surface area contributed by atoms with Crippen LogP contribution < -0.4 is 0 Å². The predicted molar refractivity (Wildman–Crippen MR) is 97.2 cm³/mol. The molecule has 3 heterocycles. The Labute approximate surface area is 153 Å². The van der Waals surface area contributed by atoms with Gasteiger partial charge in [-0.05, 0) is 50.5 Å². The van der Waals surface area contributed by atoms with Crippen molar-refractivity contribution in [1.82, 2.24) is 19.6 Å². The molecule has 1 saturated heterocycles. The lowest BCUT2D eigenvalue weighted by molar-refractivity contribution is 0.0453. The quantitative estimate of drug-likeness (QED) is 0.848. The second-order valence-corrected chi connectivity index (χ2v) is 7.52. The van der Waals surface area contributed by atoms with Crippen LogP contribution in [-0.4, -0.2) is 44.6 Å². The van der Waals surface area contributed by atoms with E-state index < -0.39 is 0 Å². The van der Waals surface area contributed by atoms with E-state index in [0.717, 1.165) is 50.3 Å². The van der Waals surface area contributed by atoms with Crippen molar-refractivity contribution in [2.45, 2.75) is 51.9 Å². The molecular weight excluding hydrogens is 331 g/mol. The third-order valence-corrected chi connectivity index (χ3v) is 5.53. The molecule has 1 aromatic carbocycles. The average molecular weight is 356 g/mol. The summed E-state index contributed by atoms with van der Waals surface area (Å²) in [6.45, 7) is 7.87. The number of likely N-dealkylation sites (tertiary alicyclic amines) is 1. The first kappa shape index (κ1) is 17.2. The summed E-state index contributed by atoms with van der Waals surface area (Å²) in [6.07, 6.45) is 1.95. The zero-order valence-corrected chi connectivity index (χ0v) is 15.4. The van der Waals surface area contributed by atoms with Gasteiger partial charge in [-0.2, -0.15) is 5.10 Å². The minimum absolute atomic E-state index is 0.0248. The number of carbonyl (C=O) groups is 1. The molecule has 6 heteroatoms. The molecule has 2 aliphatic rings. The van der Waals surface area contributed by atoms with Crippen molar-refractivity contribution in [2.24, 2.45) is 0 Å². The molecule has 4 rings (SSSR count). The van der Waals surface area contributed by atoms with E-state index in [4.69, 9.17) is 0 Å². The number of amides is 1. The Morgan fingerprint density at radius 2 is 1.96 bits per heavy atom. The molecule has 138 valence electrons. The minimum Gasteiger partial charge on any atom is -0.330 e. The maximum atomic E-state index is 13.1. The molecule has 2 aliphatic heterocycles. The number of carbonyl (C=O) groups excluding carboxylic acids is 1. The van der Waals surface area contributed by atoms with Crippen LogP contribution in [0.5, 0.6) is 0 Å². The number of rotatable bonds is 3. The van der Waals surface area contributed by atoms with Gasteiger partial charge in [0.25, 0.3) is 5.91 Å². The fourth-order valence-electron chi connectivity index (χ4n) is 3.84. The average Bonchev–Trinajstić information content (AvgIpc) is 2.87. The van der Waals surface area contributed by atoms with Crippen LogP contribution in [0.3, 0.4) is 0 Å². The molecule has 0 spiro atoms. The third-order valence-electron chi connectivity index (χ3n) is 5.53. The first-order valence-corrected chi connectivity index (χ1v) is 9.40. The summed E-state index contributed by atoms with van der Waals surface area (Å²) in [5.74, 6) is -0.277. The van der Waals surface area contributed by atoms with Gasteiger partial charge in [-0.15, -0.1) is 0 Å². The van der Waals surface area contributed by atoms with E-state index in [-0.39, 0.29) is 17.8 Å². The van der Waals surface area contributed by atoms with Crippen LogP contribution in [0.15, 0.2) is 30.3 Å². The maximum absolute atomic E-state index is 13.1. The monoisotopic (exact) mass is 356 g/mol. The summed E-state index contributed by atoms with van der Waals surface area (Å²) >= 11 is 0. The smallest absolute Gasteiger partial charge is 0.274 e. The van der Waals surface area contributed by atoms with Crippen molar-refractivity contribution in [3.63, 3.8) is 0 Å². The fraction of sp³-hybridized carbons (Fsp3) is 0.500. The topological polar surface area (TPSA) is 41.4 Å². The number of aromatic nitrogens is 2. The van der Waals surface area contributed by atoms with Crippen molar-refractivity contribution in [2.75, 3.05) is 13.1 Å². The summed E-state index contributed by atoms with van der Waals surface area (Å²) in [5.41, 5.74) is 2.62. The Bertz CT molecular complexity index is 799. The van der Waals surface area contributed by atoms with Crippen molar-refractivity contribution in [1.29, 1.82) is 0 Å². The predicted octanol–water partition coefficient (Wildman–Crippen LogP) is 3.22. The van der Waals surface area contributed by atoms with Crippen LogP contribution in [0.25, 0.3) is 0 Å². The van der Waals surface area contributed by atoms with Gasteiger partial charge in [-0.25, -0.2) is 4.39 Å². The van der Waals surface area contributed by atoms with Gasteiger partial charge in [-0.1, -0.05) is 12.1 Å². The van der Waals surface area contributed by atoms with Gasteiger partial charge in [0.1, 0.15) is 5.82 Å². The van der Waals surface area contributed by atoms with Crippen LogP contribution in [0.1, 0.15) is 54.5 Å². The van der Waals surface area contributed by atoms with Crippen molar-refractivity contribution in [3.8, 4) is 0 Å². The van der Waals surface area contributed by atoms with Gasteiger partial charge in [0.15, 0.2) is 5.69 Å². The van der Waals surface area contributed by atoms with Crippen LogP contribution in [0.4, 0.5) is 4.39 Å². The molecule has 0 aliphatic carbocycles. The Balaban J connectivity index is 1.52. The Kier molecular flexibility index (Phi) is 4.53. The Hall–Kier alpha value is -2.21. The first-order chi connectivity index (χ1) is 12.5. The summed E-state index contributed by atoms with van der Waals surface area (Å²) < 4.78 is 15.1. The highest BCUT2D eigenvalue weighted by Gasteiger charge is 2.35. The Morgan fingerprint density at radius 3 is 2.62 bits per heavy atom. The first-order valence-electron chi connectivity index (χ1n) is 9.40. The van der Waals surface area contributed by atoms with E-state index in [1.165, 1.54) is 12.1 Å². The lowest BCUT2D eigenvalue weighted by Gasteiger charge is -2.41. The van der Waals surface area contributed by atoms with Crippen LogP contribution >= 0.6 is 0 Å². The van der Waals surface area contributed by atoms with E-state index >= 15 is 0 Å². The highest BCUT2D eigenvalue weighted by Crippen LogP contribution is 2.34. The van der Waals surface area contributed by atoms with Gasteiger partial charge >= 0.3 is 0 Å².